The molecule has 0 radical (unpaired) electrons. The van der Waals surface area contributed by atoms with Crippen LogP contribution >= 0.6 is 0 Å². The van der Waals surface area contributed by atoms with Crippen molar-refractivity contribution in [2.45, 2.75) is 44.6 Å². The molecule has 0 amide bonds. The first kappa shape index (κ1) is 13.1. The van der Waals surface area contributed by atoms with E-state index < -0.39 is 0 Å². The summed E-state index contributed by atoms with van der Waals surface area (Å²) in [5.74, 6) is 1.97. The molecule has 4 aliphatic rings. The van der Waals surface area contributed by atoms with E-state index in [1.54, 1.807) is 0 Å². The molecule has 1 aromatic carbocycles. The fraction of sp³-hybridized carbons (Fsp3) is 0.550. The molecule has 5 atom stereocenters. The first-order valence-electron chi connectivity index (χ1n) is 8.63. The smallest absolute Gasteiger partial charge is 0.159 e. The van der Waals surface area contributed by atoms with Crippen molar-refractivity contribution in [1.29, 1.82) is 0 Å². The minimum atomic E-state index is 0.0555. The van der Waals surface area contributed by atoms with Gasteiger partial charge >= 0.3 is 0 Å². The van der Waals surface area contributed by atoms with Crippen LogP contribution in [0, 0.1) is 17.3 Å². The van der Waals surface area contributed by atoms with Crippen molar-refractivity contribution in [2.75, 3.05) is 6.61 Å². The Labute approximate surface area is 131 Å². The Balaban J connectivity index is 1.71. The molecular weight excluding hydrogens is 272 g/mol. The number of rotatable bonds is 1. The van der Waals surface area contributed by atoms with E-state index in [0.717, 1.165) is 25.9 Å². The first-order valence-corrected chi connectivity index (χ1v) is 8.63. The number of allylic oxidation sites excluding steroid dienone is 1. The van der Waals surface area contributed by atoms with Crippen LogP contribution in [0.3, 0.4) is 0 Å². The quantitative estimate of drug-likeness (QED) is 0.786. The molecular formula is C20H22O2. The number of hydrogen-bond donors (Lipinski definition) is 0. The van der Waals surface area contributed by atoms with Crippen LogP contribution in [0.1, 0.15) is 44.1 Å². The number of Topliss-reactive ketones (excluding diaryl/α,β-unsaturated/α-hetero) is 1. The molecule has 1 spiro atoms. The second kappa shape index (κ2) is 4.32. The lowest BCUT2D eigenvalue weighted by Crippen LogP contribution is -2.42. The Morgan fingerprint density at radius 1 is 1.14 bits per heavy atom. The Kier molecular flexibility index (Phi) is 2.57. The van der Waals surface area contributed by atoms with E-state index in [4.69, 9.17) is 4.74 Å². The minimum absolute atomic E-state index is 0.0555. The molecule has 1 saturated heterocycles. The summed E-state index contributed by atoms with van der Waals surface area (Å²) in [6, 6.07) is 10.9. The van der Waals surface area contributed by atoms with E-state index in [1.165, 1.54) is 23.1 Å². The number of carbonyl (C=O) groups excluding carboxylic acids is 1. The van der Waals surface area contributed by atoms with Crippen molar-refractivity contribution < 1.29 is 9.53 Å². The molecule has 1 heterocycles. The maximum atomic E-state index is 12.7. The van der Waals surface area contributed by atoms with Crippen LogP contribution in [-0.2, 0) is 9.53 Å². The molecule has 1 aromatic rings. The van der Waals surface area contributed by atoms with Gasteiger partial charge in [-0.3, -0.25) is 4.79 Å². The van der Waals surface area contributed by atoms with Crippen molar-refractivity contribution in [3.8, 4) is 0 Å². The zero-order valence-corrected chi connectivity index (χ0v) is 13.0. The van der Waals surface area contributed by atoms with Gasteiger partial charge in [-0.1, -0.05) is 35.9 Å². The number of ketones is 1. The lowest BCUT2D eigenvalue weighted by Gasteiger charge is -2.44. The SMILES string of the molecule is CC1=C2C(=O)C[C@@H]3CC[C@H]4OC[C@H]([C@@H](c5ccccc5)C1)[C@@]234. The van der Waals surface area contributed by atoms with Crippen LogP contribution in [0.25, 0.3) is 0 Å². The predicted molar refractivity (Wildman–Crippen MR) is 84.5 cm³/mol. The summed E-state index contributed by atoms with van der Waals surface area (Å²) in [5.41, 5.74) is 4.01. The summed E-state index contributed by atoms with van der Waals surface area (Å²) < 4.78 is 6.26. The Hall–Kier alpha value is -1.41. The molecule has 0 unspecified atom stereocenters. The monoisotopic (exact) mass is 294 g/mol. The minimum Gasteiger partial charge on any atom is -0.377 e. The molecule has 3 aliphatic carbocycles. The van der Waals surface area contributed by atoms with E-state index in [0.29, 0.717) is 29.6 Å². The van der Waals surface area contributed by atoms with Gasteiger partial charge in [-0.05, 0) is 43.6 Å². The molecule has 2 nitrogen and oxygen atoms in total. The second-order valence-corrected chi connectivity index (χ2v) is 7.64. The molecule has 5 rings (SSSR count). The third-order valence-electron chi connectivity index (χ3n) is 6.89. The number of carbonyl (C=O) groups is 1. The number of ether oxygens (including phenoxy) is 1. The highest BCUT2D eigenvalue weighted by Crippen LogP contribution is 2.69. The predicted octanol–water partition coefficient (Wildman–Crippen LogP) is 3.87. The third-order valence-corrected chi connectivity index (χ3v) is 6.89. The van der Waals surface area contributed by atoms with Gasteiger partial charge < -0.3 is 4.74 Å². The molecule has 0 N–H and O–H groups in total. The fourth-order valence-electron chi connectivity index (χ4n) is 6.28. The topological polar surface area (TPSA) is 26.3 Å². The molecule has 0 bridgehead atoms. The van der Waals surface area contributed by atoms with Gasteiger partial charge in [-0.15, -0.1) is 0 Å². The van der Waals surface area contributed by atoms with Crippen LogP contribution in [0.15, 0.2) is 41.5 Å². The Morgan fingerprint density at radius 3 is 2.77 bits per heavy atom. The van der Waals surface area contributed by atoms with Crippen molar-refractivity contribution in [3.63, 3.8) is 0 Å². The fourth-order valence-corrected chi connectivity index (χ4v) is 6.28. The maximum Gasteiger partial charge on any atom is 0.159 e. The summed E-state index contributed by atoms with van der Waals surface area (Å²) in [7, 11) is 0. The van der Waals surface area contributed by atoms with Crippen molar-refractivity contribution >= 4 is 5.78 Å². The van der Waals surface area contributed by atoms with Gasteiger partial charge in [-0.25, -0.2) is 0 Å². The van der Waals surface area contributed by atoms with Crippen LogP contribution in [-0.4, -0.2) is 18.5 Å². The van der Waals surface area contributed by atoms with Gasteiger partial charge in [0.2, 0.25) is 0 Å². The summed E-state index contributed by atoms with van der Waals surface area (Å²) >= 11 is 0. The second-order valence-electron chi connectivity index (χ2n) is 7.64. The van der Waals surface area contributed by atoms with Crippen LogP contribution in [0.2, 0.25) is 0 Å². The standard InChI is InChI=1S/C20H22O2/c1-12-9-15(13-5-3-2-4-6-13)16-11-22-18-8-7-14-10-17(21)19(12)20(14,16)18/h2-6,14-16,18H,7-11H2,1H3/t14-,15+,16+,18+,20-/m0/s1. The summed E-state index contributed by atoms with van der Waals surface area (Å²) in [5, 5.41) is 0. The Bertz CT molecular complexity index is 674. The summed E-state index contributed by atoms with van der Waals surface area (Å²) in [6.45, 7) is 3.04. The van der Waals surface area contributed by atoms with E-state index >= 15 is 0 Å². The van der Waals surface area contributed by atoms with Gasteiger partial charge in [0.15, 0.2) is 5.78 Å². The lowest BCUT2D eigenvalue weighted by atomic mass is 9.57. The highest BCUT2D eigenvalue weighted by molar-refractivity contribution is 6.01. The highest BCUT2D eigenvalue weighted by atomic mass is 16.5. The first-order chi connectivity index (χ1) is 10.7. The maximum absolute atomic E-state index is 12.7. The average Bonchev–Trinajstić information content (AvgIpc) is 3.13. The van der Waals surface area contributed by atoms with E-state index in [2.05, 4.69) is 37.3 Å². The van der Waals surface area contributed by atoms with Gasteiger partial charge in [-0.2, -0.15) is 0 Å². The average molecular weight is 294 g/mol. The van der Waals surface area contributed by atoms with Gasteiger partial charge in [0.05, 0.1) is 12.7 Å². The zero-order chi connectivity index (χ0) is 14.9. The molecule has 0 aromatic heterocycles. The lowest BCUT2D eigenvalue weighted by molar-refractivity contribution is -0.115. The number of hydrogen-bond acceptors (Lipinski definition) is 2. The molecule has 1 aliphatic heterocycles. The molecule has 114 valence electrons. The largest absolute Gasteiger partial charge is 0.377 e. The molecule has 2 heteroatoms. The zero-order valence-electron chi connectivity index (χ0n) is 13.0. The third kappa shape index (κ3) is 1.38. The van der Waals surface area contributed by atoms with Gasteiger partial charge in [0.25, 0.3) is 0 Å². The van der Waals surface area contributed by atoms with E-state index in [9.17, 15) is 4.79 Å². The highest BCUT2D eigenvalue weighted by Gasteiger charge is 2.68. The van der Waals surface area contributed by atoms with Crippen molar-refractivity contribution in [1.82, 2.24) is 0 Å². The molecule has 22 heavy (non-hydrogen) atoms. The molecule has 2 saturated carbocycles. The normalized spacial score (nSPS) is 42.7. The Morgan fingerprint density at radius 2 is 1.95 bits per heavy atom. The summed E-state index contributed by atoms with van der Waals surface area (Å²) in [4.78, 5) is 12.7. The van der Waals surface area contributed by atoms with Gasteiger partial charge in [0.1, 0.15) is 0 Å². The van der Waals surface area contributed by atoms with Crippen LogP contribution < -0.4 is 0 Å². The van der Waals surface area contributed by atoms with E-state index in [1.807, 2.05) is 0 Å². The summed E-state index contributed by atoms with van der Waals surface area (Å²) in [6.07, 6.45) is 4.41. The van der Waals surface area contributed by atoms with Gasteiger partial charge in [0, 0.05) is 23.3 Å². The van der Waals surface area contributed by atoms with Crippen molar-refractivity contribution in [3.05, 3.63) is 47.0 Å². The van der Waals surface area contributed by atoms with Crippen LogP contribution in [0.5, 0.6) is 0 Å². The van der Waals surface area contributed by atoms with Crippen LogP contribution in [0.4, 0.5) is 0 Å². The van der Waals surface area contributed by atoms with E-state index in [-0.39, 0.29) is 5.41 Å². The molecule has 3 fully saturated rings. The van der Waals surface area contributed by atoms with Crippen molar-refractivity contribution in [2.24, 2.45) is 17.3 Å². The number of benzene rings is 1.